The molecule has 0 aliphatic rings. The van der Waals surface area contributed by atoms with Crippen LogP contribution in [0.1, 0.15) is 46.1 Å². The lowest BCUT2D eigenvalue weighted by Gasteiger charge is -2.22. The normalized spacial score (nSPS) is 12.4. The van der Waals surface area contributed by atoms with Crippen molar-refractivity contribution in [2.45, 2.75) is 58.6 Å². The SMILES string of the molecule is CCOC(=O)CCCOc1ccc(CC(N)C(=O)OC(C)(C)C)cc1. The Labute approximate surface area is 149 Å². The van der Waals surface area contributed by atoms with Crippen LogP contribution in [0.25, 0.3) is 0 Å². The van der Waals surface area contributed by atoms with Crippen LogP contribution in [0.15, 0.2) is 24.3 Å². The summed E-state index contributed by atoms with van der Waals surface area (Å²) in [6.45, 7) is 8.05. The summed E-state index contributed by atoms with van der Waals surface area (Å²) in [5, 5.41) is 0. The molecule has 1 aromatic carbocycles. The van der Waals surface area contributed by atoms with Gasteiger partial charge in [-0.05, 0) is 58.2 Å². The van der Waals surface area contributed by atoms with Crippen LogP contribution in [0.4, 0.5) is 0 Å². The van der Waals surface area contributed by atoms with Gasteiger partial charge in [0.2, 0.25) is 0 Å². The maximum absolute atomic E-state index is 11.9. The molecular weight excluding hydrogens is 322 g/mol. The Morgan fingerprint density at radius 2 is 1.80 bits per heavy atom. The van der Waals surface area contributed by atoms with Crippen LogP contribution in [0.5, 0.6) is 5.75 Å². The summed E-state index contributed by atoms with van der Waals surface area (Å²) in [6.07, 6.45) is 1.35. The van der Waals surface area contributed by atoms with E-state index in [-0.39, 0.29) is 5.97 Å². The molecule has 0 amide bonds. The summed E-state index contributed by atoms with van der Waals surface area (Å²) >= 11 is 0. The van der Waals surface area contributed by atoms with Gasteiger partial charge in [0.15, 0.2) is 0 Å². The van der Waals surface area contributed by atoms with Crippen molar-refractivity contribution in [1.29, 1.82) is 0 Å². The van der Waals surface area contributed by atoms with Crippen molar-refractivity contribution >= 4 is 11.9 Å². The van der Waals surface area contributed by atoms with Gasteiger partial charge in [0, 0.05) is 6.42 Å². The van der Waals surface area contributed by atoms with E-state index in [0.717, 1.165) is 5.56 Å². The Morgan fingerprint density at radius 1 is 1.16 bits per heavy atom. The highest BCUT2D eigenvalue weighted by molar-refractivity contribution is 5.76. The van der Waals surface area contributed by atoms with Gasteiger partial charge < -0.3 is 19.9 Å². The minimum absolute atomic E-state index is 0.211. The molecule has 2 N–H and O–H groups in total. The van der Waals surface area contributed by atoms with Gasteiger partial charge in [-0.15, -0.1) is 0 Å². The standard InChI is InChI=1S/C19H29NO5/c1-5-23-17(21)7-6-12-24-15-10-8-14(9-11-15)13-16(20)18(22)25-19(2,3)4/h8-11,16H,5-7,12-13,20H2,1-4H3. The van der Waals surface area contributed by atoms with E-state index >= 15 is 0 Å². The zero-order valence-electron chi connectivity index (χ0n) is 15.5. The molecule has 0 heterocycles. The summed E-state index contributed by atoms with van der Waals surface area (Å²) in [5.41, 5.74) is 6.28. The summed E-state index contributed by atoms with van der Waals surface area (Å²) in [5.74, 6) is 0.0859. The molecule has 0 spiro atoms. The summed E-state index contributed by atoms with van der Waals surface area (Å²) in [6, 6.07) is 6.68. The van der Waals surface area contributed by atoms with Crippen molar-refractivity contribution in [2.75, 3.05) is 13.2 Å². The van der Waals surface area contributed by atoms with E-state index in [0.29, 0.717) is 38.2 Å². The lowest BCUT2D eigenvalue weighted by Crippen LogP contribution is -2.38. The monoisotopic (exact) mass is 351 g/mol. The van der Waals surface area contributed by atoms with Crippen molar-refractivity contribution in [3.05, 3.63) is 29.8 Å². The summed E-state index contributed by atoms with van der Waals surface area (Å²) in [4.78, 5) is 23.1. The second-order valence-electron chi connectivity index (χ2n) is 6.75. The number of hydrogen-bond donors (Lipinski definition) is 1. The molecule has 6 heteroatoms. The minimum Gasteiger partial charge on any atom is -0.494 e. The maximum atomic E-state index is 11.9. The molecule has 0 aliphatic heterocycles. The van der Waals surface area contributed by atoms with Crippen LogP contribution in [0.2, 0.25) is 0 Å². The lowest BCUT2D eigenvalue weighted by molar-refractivity contribution is -0.156. The van der Waals surface area contributed by atoms with Crippen LogP contribution >= 0.6 is 0 Å². The topological polar surface area (TPSA) is 87.9 Å². The summed E-state index contributed by atoms with van der Waals surface area (Å²) in [7, 11) is 0. The highest BCUT2D eigenvalue weighted by Gasteiger charge is 2.22. The molecule has 25 heavy (non-hydrogen) atoms. The Hall–Kier alpha value is -2.08. The number of ether oxygens (including phenoxy) is 3. The smallest absolute Gasteiger partial charge is 0.323 e. The number of esters is 2. The van der Waals surface area contributed by atoms with Gasteiger partial charge in [-0.3, -0.25) is 9.59 Å². The third-order valence-corrected chi connectivity index (χ3v) is 3.19. The molecule has 1 atom stereocenters. The molecule has 0 radical (unpaired) electrons. The second-order valence-corrected chi connectivity index (χ2v) is 6.75. The van der Waals surface area contributed by atoms with Crippen molar-refractivity contribution in [2.24, 2.45) is 5.73 Å². The van der Waals surface area contributed by atoms with Crippen molar-refractivity contribution in [1.82, 2.24) is 0 Å². The minimum atomic E-state index is -0.699. The van der Waals surface area contributed by atoms with Crippen LogP contribution in [-0.4, -0.2) is 36.8 Å². The average molecular weight is 351 g/mol. The van der Waals surface area contributed by atoms with E-state index in [1.807, 2.05) is 45.0 Å². The van der Waals surface area contributed by atoms with Gasteiger partial charge in [0.1, 0.15) is 17.4 Å². The molecule has 140 valence electrons. The maximum Gasteiger partial charge on any atom is 0.323 e. The van der Waals surface area contributed by atoms with Gasteiger partial charge in [-0.2, -0.15) is 0 Å². The number of nitrogens with two attached hydrogens (primary N) is 1. The quantitative estimate of drug-likeness (QED) is 0.543. The van der Waals surface area contributed by atoms with Crippen molar-refractivity contribution in [3.8, 4) is 5.75 Å². The number of carbonyl (C=O) groups excluding carboxylic acids is 2. The van der Waals surface area contributed by atoms with Gasteiger partial charge in [0.25, 0.3) is 0 Å². The molecule has 0 saturated carbocycles. The van der Waals surface area contributed by atoms with E-state index in [1.165, 1.54) is 0 Å². The van der Waals surface area contributed by atoms with Crippen molar-refractivity contribution in [3.63, 3.8) is 0 Å². The fourth-order valence-electron chi connectivity index (χ4n) is 2.08. The predicted molar refractivity (Wildman–Crippen MR) is 95.3 cm³/mol. The van der Waals surface area contributed by atoms with Crippen LogP contribution in [0, 0.1) is 0 Å². The van der Waals surface area contributed by atoms with Crippen LogP contribution < -0.4 is 10.5 Å². The van der Waals surface area contributed by atoms with Crippen molar-refractivity contribution < 1.29 is 23.8 Å². The first-order valence-electron chi connectivity index (χ1n) is 8.57. The molecule has 6 nitrogen and oxygen atoms in total. The molecule has 0 fully saturated rings. The molecule has 0 bridgehead atoms. The molecule has 1 rings (SSSR count). The van der Waals surface area contributed by atoms with Gasteiger partial charge in [0.05, 0.1) is 13.2 Å². The zero-order valence-corrected chi connectivity index (χ0v) is 15.5. The Bertz CT molecular complexity index is 548. The molecule has 1 unspecified atom stereocenters. The predicted octanol–water partition coefficient (Wildman–Crippen LogP) is 2.62. The largest absolute Gasteiger partial charge is 0.494 e. The summed E-state index contributed by atoms with van der Waals surface area (Å²) < 4.78 is 15.7. The van der Waals surface area contributed by atoms with E-state index in [4.69, 9.17) is 19.9 Å². The molecule has 0 aliphatic carbocycles. The second kappa shape index (κ2) is 10.0. The number of rotatable bonds is 9. The molecular formula is C19H29NO5. The first-order valence-corrected chi connectivity index (χ1v) is 8.57. The highest BCUT2D eigenvalue weighted by atomic mass is 16.6. The third kappa shape index (κ3) is 9.10. The number of hydrogen-bond acceptors (Lipinski definition) is 6. The van der Waals surface area contributed by atoms with Crippen LogP contribution in [0.3, 0.4) is 0 Å². The first kappa shape index (κ1) is 21.0. The molecule has 1 aromatic rings. The molecule has 0 aromatic heterocycles. The van der Waals surface area contributed by atoms with E-state index in [9.17, 15) is 9.59 Å². The number of benzene rings is 1. The van der Waals surface area contributed by atoms with Gasteiger partial charge in [-0.1, -0.05) is 12.1 Å². The average Bonchev–Trinajstić information content (AvgIpc) is 2.51. The van der Waals surface area contributed by atoms with Crippen LogP contribution in [-0.2, 0) is 25.5 Å². The first-order chi connectivity index (χ1) is 11.7. The van der Waals surface area contributed by atoms with Gasteiger partial charge >= 0.3 is 11.9 Å². The number of carbonyl (C=O) groups is 2. The fraction of sp³-hybridized carbons (Fsp3) is 0.579. The fourth-order valence-corrected chi connectivity index (χ4v) is 2.08. The zero-order chi connectivity index (χ0) is 18.9. The highest BCUT2D eigenvalue weighted by Crippen LogP contribution is 2.15. The Morgan fingerprint density at radius 3 is 2.36 bits per heavy atom. The lowest BCUT2D eigenvalue weighted by atomic mass is 10.1. The Balaban J connectivity index is 2.38. The molecule has 0 saturated heterocycles. The third-order valence-electron chi connectivity index (χ3n) is 3.19. The van der Waals surface area contributed by atoms with E-state index in [1.54, 1.807) is 6.92 Å². The van der Waals surface area contributed by atoms with E-state index in [2.05, 4.69) is 0 Å². The Kier molecular flexibility index (Phi) is 8.41. The van der Waals surface area contributed by atoms with Gasteiger partial charge in [-0.25, -0.2) is 0 Å². The van der Waals surface area contributed by atoms with E-state index < -0.39 is 17.6 Å².